The highest BCUT2D eigenvalue weighted by Crippen LogP contribution is 2.29. The first-order valence-electron chi connectivity index (χ1n) is 10.7. The topological polar surface area (TPSA) is 82.9 Å². The monoisotopic (exact) mass is 467 g/mol. The molecule has 0 aliphatic carbocycles. The molecule has 1 N–H and O–H groups in total. The molecule has 10 heteroatoms. The van der Waals surface area contributed by atoms with Gasteiger partial charge in [0, 0.05) is 49.3 Å². The Morgan fingerprint density at radius 1 is 1.27 bits per heavy atom. The van der Waals surface area contributed by atoms with Crippen LogP contribution in [0.1, 0.15) is 12.5 Å². The van der Waals surface area contributed by atoms with Crippen molar-refractivity contribution in [3.63, 3.8) is 0 Å². The number of nitrogens with zero attached hydrogens (tertiary/aromatic N) is 6. The van der Waals surface area contributed by atoms with Gasteiger partial charge >= 0.3 is 0 Å². The molecule has 0 unspecified atom stereocenters. The highest BCUT2D eigenvalue weighted by Gasteiger charge is 2.30. The van der Waals surface area contributed by atoms with Gasteiger partial charge in [-0.1, -0.05) is 11.6 Å². The maximum Gasteiger partial charge on any atom is 0.244 e. The summed E-state index contributed by atoms with van der Waals surface area (Å²) in [6.07, 6.45) is 5.07. The minimum atomic E-state index is -0.350. The Balaban J connectivity index is 1.35. The van der Waals surface area contributed by atoms with Crippen molar-refractivity contribution < 1.29 is 9.18 Å². The first-order valence-corrected chi connectivity index (χ1v) is 11.1. The zero-order valence-electron chi connectivity index (χ0n) is 18.3. The molecule has 0 spiro atoms. The summed E-state index contributed by atoms with van der Waals surface area (Å²) in [5.41, 5.74) is 2.62. The molecule has 3 aromatic heterocycles. The summed E-state index contributed by atoms with van der Waals surface area (Å²) in [6, 6.07) is 6.76. The van der Waals surface area contributed by atoms with Crippen LogP contribution in [0.25, 0.3) is 22.6 Å². The average molecular weight is 468 g/mol. The summed E-state index contributed by atoms with van der Waals surface area (Å²) >= 11 is 6.04. The van der Waals surface area contributed by atoms with Crippen LogP contribution in [0.5, 0.6) is 0 Å². The number of piperazine rings is 1. The second-order valence-corrected chi connectivity index (χ2v) is 8.66. The molecule has 5 rings (SSSR count). The third-order valence-electron chi connectivity index (χ3n) is 6.03. The van der Waals surface area contributed by atoms with Crippen LogP contribution in [-0.2, 0) is 11.3 Å². The molecule has 1 aromatic carbocycles. The Morgan fingerprint density at radius 2 is 2.12 bits per heavy atom. The molecule has 33 heavy (non-hydrogen) atoms. The Labute approximate surface area is 195 Å². The van der Waals surface area contributed by atoms with E-state index in [1.54, 1.807) is 29.3 Å². The molecule has 4 heterocycles. The number of imidazole rings is 1. The number of aryl methyl sites for hydroxylation is 1. The number of benzene rings is 1. The molecule has 1 atom stereocenters. The predicted molar refractivity (Wildman–Crippen MR) is 125 cm³/mol. The standard InChI is InChI=1S/C23H23ClFN7O/c1-14-10-19(18(25)11-17(14)24)30-8-9-31(15(2)12-30)20(33)13-32-23-16(4-3-5-28-23)21(29-32)22-26-6-7-27-22/h3-7,10-11,15H,8-9,12-13H2,1-2H3,(H,26,27)/t15-/m0/s1. The van der Waals surface area contributed by atoms with E-state index in [1.807, 2.05) is 35.8 Å². The summed E-state index contributed by atoms with van der Waals surface area (Å²) in [5, 5.41) is 5.86. The lowest BCUT2D eigenvalue weighted by Gasteiger charge is -2.41. The van der Waals surface area contributed by atoms with Crippen molar-refractivity contribution in [2.75, 3.05) is 24.5 Å². The number of carbonyl (C=O) groups excluding carboxylic acids is 1. The van der Waals surface area contributed by atoms with Crippen molar-refractivity contribution in [1.82, 2.24) is 29.6 Å². The van der Waals surface area contributed by atoms with Gasteiger partial charge < -0.3 is 14.8 Å². The number of rotatable bonds is 4. The minimum Gasteiger partial charge on any atom is -0.365 e. The third-order valence-corrected chi connectivity index (χ3v) is 6.44. The van der Waals surface area contributed by atoms with Crippen LogP contribution in [-0.4, -0.2) is 61.2 Å². The number of halogens is 2. The first-order chi connectivity index (χ1) is 15.9. The second-order valence-electron chi connectivity index (χ2n) is 8.25. The smallest absolute Gasteiger partial charge is 0.244 e. The van der Waals surface area contributed by atoms with Gasteiger partial charge in [-0.15, -0.1) is 0 Å². The molecule has 0 saturated carbocycles. The number of nitrogens with one attached hydrogen (secondary N) is 1. The molecular formula is C23H23ClFN7O. The van der Waals surface area contributed by atoms with E-state index in [0.29, 0.717) is 47.5 Å². The van der Waals surface area contributed by atoms with Crippen molar-refractivity contribution in [1.29, 1.82) is 0 Å². The molecule has 170 valence electrons. The quantitative estimate of drug-likeness (QED) is 0.495. The SMILES string of the molecule is Cc1cc(N2CCN(C(=O)Cn3nc(-c4ncc[nH]4)c4cccnc43)[C@@H](C)C2)c(F)cc1Cl. The van der Waals surface area contributed by atoms with Crippen molar-refractivity contribution in [3.8, 4) is 11.5 Å². The van der Waals surface area contributed by atoms with Gasteiger partial charge in [0.1, 0.15) is 18.1 Å². The summed E-state index contributed by atoms with van der Waals surface area (Å²) in [7, 11) is 0. The number of fused-ring (bicyclic) bond motifs is 1. The zero-order chi connectivity index (χ0) is 23.1. The van der Waals surface area contributed by atoms with E-state index in [4.69, 9.17) is 11.6 Å². The average Bonchev–Trinajstić information content (AvgIpc) is 3.45. The molecule has 1 aliphatic rings. The first kappa shape index (κ1) is 21.4. The maximum absolute atomic E-state index is 14.5. The van der Waals surface area contributed by atoms with E-state index in [1.165, 1.54) is 6.07 Å². The van der Waals surface area contributed by atoms with Crippen molar-refractivity contribution in [2.45, 2.75) is 26.4 Å². The van der Waals surface area contributed by atoms with Gasteiger partial charge in [0.05, 0.1) is 11.1 Å². The maximum atomic E-state index is 14.5. The Bertz CT molecular complexity index is 1320. The largest absolute Gasteiger partial charge is 0.365 e. The van der Waals surface area contributed by atoms with E-state index in [9.17, 15) is 9.18 Å². The van der Waals surface area contributed by atoms with Gasteiger partial charge in [0.15, 0.2) is 11.5 Å². The Hall–Kier alpha value is -3.46. The van der Waals surface area contributed by atoms with E-state index in [-0.39, 0.29) is 24.3 Å². The fourth-order valence-corrected chi connectivity index (χ4v) is 4.49. The lowest BCUT2D eigenvalue weighted by molar-refractivity contribution is -0.134. The lowest BCUT2D eigenvalue weighted by atomic mass is 10.1. The molecule has 8 nitrogen and oxygen atoms in total. The van der Waals surface area contributed by atoms with Gasteiger partial charge in [-0.25, -0.2) is 19.0 Å². The minimum absolute atomic E-state index is 0.0593. The summed E-state index contributed by atoms with van der Waals surface area (Å²) in [5.74, 6) is 0.217. The van der Waals surface area contributed by atoms with Crippen molar-refractivity contribution in [2.24, 2.45) is 0 Å². The third kappa shape index (κ3) is 3.93. The Morgan fingerprint density at radius 3 is 2.88 bits per heavy atom. The van der Waals surface area contributed by atoms with E-state index in [2.05, 4.69) is 20.1 Å². The van der Waals surface area contributed by atoms with Crippen LogP contribution in [0.2, 0.25) is 5.02 Å². The van der Waals surface area contributed by atoms with Crippen molar-refractivity contribution in [3.05, 3.63) is 59.3 Å². The number of anilines is 1. The van der Waals surface area contributed by atoms with Gasteiger partial charge in [-0.05, 0) is 43.7 Å². The molecule has 1 amide bonds. The van der Waals surface area contributed by atoms with Crippen LogP contribution < -0.4 is 4.90 Å². The second kappa shape index (κ2) is 8.47. The highest BCUT2D eigenvalue weighted by molar-refractivity contribution is 6.31. The summed E-state index contributed by atoms with van der Waals surface area (Å²) in [4.78, 5) is 28.8. The highest BCUT2D eigenvalue weighted by atomic mass is 35.5. The number of amides is 1. The molecular weight excluding hydrogens is 445 g/mol. The number of aromatic amines is 1. The molecule has 1 fully saturated rings. The molecule has 4 aromatic rings. The van der Waals surface area contributed by atoms with Crippen LogP contribution in [0, 0.1) is 12.7 Å². The van der Waals surface area contributed by atoms with Gasteiger partial charge in [-0.2, -0.15) is 5.10 Å². The number of H-pyrrole nitrogens is 1. The van der Waals surface area contributed by atoms with Gasteiger partial charge in [-0.3, -0.25) is 4.79 Å². The lowest BCUT2D eigenvalue weighted by Crippen LogP contribution is -2.55. The number of hydrogen-bond acceptors (Lipinski definition) is 5. The van der Waals surface area contributed by atoms with Crippen LogP contribution >= 0.6 is 11.6 Å². The summed E-state index contributed by atoms with van der Waals surface area (Å²) in [6.45, 7) is 5.43. The fourth-order valence-electron chi connectivity index (χ4n) is 4.34. The van der Waals surface area contributed by atoms with Crippen LogP contribution in [0.3, 0.4) is 0 Å². The van der Waals surface area contributed by atoms with E-state index in [0.717, 1.165) is 10.9 Å². The number of carbonyl (C=O) groups is 1. The molecule has 1 aliphatic heterocycles. The molecule has 1 saturated heterocycles. The number of aromatic nitrogens is 5. The predicted octanol–water partition coefficient (Wildman–Crippen LogP) is 3.66. The van der Waals surface area contributed by atoms with E-state index >= 15 is 0 Å². The zero-order valence-corrected chi connectivity index (χ0v) is 19.1. The number of pyridine rings is 1. The molecule has 0 radical (unpaired) electrons. The van der Waals surface area contributed by atoms with Gasteiger partial charge in [0.25, 0.3) is 0 Å². The summed E-state index contributed by atoms with van der Waals surface area (Å²) < 4.78 is 16.1. The molecule has 0 bridgehead atoms. The van der Waals surface area contributed by atoms with Crippen LogP contribution in [0.4, 0.5) is 10.1 Å². The number of hydrogen-bond donors (Lipinski definition) is 1. The van der Waals surface area contributed by atoms with Crippen LogP contribution in [0.15, 0.2) is 42.9 Å². The normalized spacial score (nSPS) is 16.5. The van der Waals surface area contributed by atoms with Gasteiger partial charge in [0.2, 0.25) is 5.91 Å². The van der Waals surface area contributed by atoms with Crippen molar-refractivity contribution >= 4 is 34.2 Å². The fraction of sp³-hybridized carbons (Fsp3) is 0.304. The Kier molecular flexibility index (Phi) is 5.49. The van der Waals surface area contributed by atoms with E-state index < -0.39 is 0 Å².